The Morgan fingerprint density at radius 2 is 1.78 bits per heavy atom. The summed E-state index contributed by atoms with van der Waals surface area (Å²) >= 11 is 0. The number of nitrogens with one attached hydrogen (secondary N) is 1. The first-order valence-electron chi connectivity index (χ1n) is 9.09. The van der Waals surface area contributed by atoms with Crippen molar-refractivity contribution < 1.29 is 9.47 Å². The van der Waals surface area contributed by atoms with E-state index in [1.807, 2.05) is 30.3 Å². The molecule has 0 saturated carbocycles. The van der Waals surface area contributed by atoms with Crippen molar-refractivity contribution in [2.45, 2.75) is 13.5 Å². The SMILES string of the molecule is CCN(Cc1ccccc1)c1cc(Nc2ccc3c(c2)OCCO3)ncn1. The standard InChI is InChI=1S/C21H22N4O2/c1-2-25(14-16-6-4-3-5-7-16)21-13-20(22-15-23-21)24-17-8-9-18-19(12-17)27-11-10-26-18/h3-9,12-13,15H,2,10-11,14H2,1H3,(H,22,23,24). The predicted octanol–water partition coefficient (Wildman–Crippen LogP) is 4.02. The Labute approximate surface area is 158 Å². The highest BCUT2D eigenvalue weighted by Crippen LogP contribution is 2.33. The Bertz CT molecular complexity index is 902. The maximum absolute atomic E-state index is 5.64. The topological polar surface area (TPSA) is 59.5 Å². The number of rotatable bonds is 6. The molecule has 6 heteroatoms. The van der Waals surface area contributed by atoms with E-state index in [4.69, 9.17) is 9.47 Å². The molecule has 138 valence electrons. The van der Waals surface area contributed by atoms with Crippen LogP contribution in [0.2, 0.25) is 0 Å². The van der Waals surface area contributed by atoms with Crippen molar-refractivity contribution in [1.29, 1.82) is 0 Å². The fourth-order valence-electron chi connectivity index (χ4n) is 3.02. The highest BCUT2D eigenvalue weighted by atomic mass is 16.6. The van der Waals surface area contributed by atoms with E-state index in [2.05, 4.69) is 51.4 Å². The third-order valence-corrected chi connectivity index (χ3v) is 4.39. The fourth-order valence-corrected chi connectivity index (χ4v) is 3.02. The molecule has 6 nitrogen and oxygen atoms in total. The first-order chi connectivity index (χ1) is 13.3. The van der Waals surface area contributed by atoms with Gasteiger partial charge in [0.15, 0.2) is 11.5 Å². The molecule has 3 aromatic rings. The summed E-state index contributed by atoms with van der Waals surface area (Å²) in [5, 5.41) is 3.32. The number of hydrogen-bond donors (Lipinski definition) is 1. The molecule has 0 radical (unpaired) electrons. The summed E-state index contributed by atoms with van der Waals surface area (Å²) in [7, 11) is 0. The molecule has 0 spiro atoms. The van der Waals surface area contributed by atoms with E-state index in [9.17, 15) is 0 Å². The normalized spacial score (nSPS) is 12.5. The van der Waals surface area contributed by atoms with Crippen LogP contribution in [0.15, 0.2) is 60.9 Å². The van der Waals surface area contributed by atoms with Crippen molar-refractivity contribution in [2.24, 2.45) is 0 Å². The third kappa shape index (κ3) is 4.11. The maximum atomic E-state index is 5.64. The minimum atomic E-state index is 0.569. The molecule has 0 atom stereocenters. The molecule has 1 aliphatic rings. The summed E-state index contributed by atoms with van der Waals surface area (Å²) in [5.41, 5.74) is 2.15. The zero-order chi connectivity index (χ0) is 18.5. The van der Waals surface area contributed by atoms with Crippen LogP contribution in [0.1, 0.15) is 12.5 Å². The van der Waals surface area contributed by atoms with Crippen LogP contribution >= 0.6 is 0 Å². The van der Waals surface area contributed by atoms with E-state index in [-0.39, 0.29) is 0 Å². The predicted molar refractivity (Wildman–Crippen MR) is 106 cm³/mol. The van der Waals surface area contributed by atoms with Gasteiger partial charge in [0.25, 0.3) is 0 Å². The summed E-state index contributed by atoms with van der Waals surface area (Å²) in [4.78, 5) is 11.0. The van der Waals surface area contributed by atoms with Gasteiger partial charge in [0.1, 0.15) is 31.2 Å². The van der Waals surface area contributed by atoms with E-state index in [0.717, 1.165) is 41.9 Å². The second-order valence-electron chi connectivity index (χ2n) is 6.24. The van der Waals surface area contributed by atoms with Gasteiger partial charge in [0.2, 0.25) is 0 Å². The second-order valence-corrected chi connectivity index (χ2v) is 6.24. The minimum Gasteiger partial charge on any atom is -0.486 e. The first kappa shape index (κ1) is 17.1. The lowest BCUT2D eigenvalue weighted by Gasteiger charge is -2.22. The summed E-state index contributed by atoms with van der Waals surface area (Å²) in [6.07, 6.45) is 1.59. The number of hydrogen-bond acceptors (Lipinski definition) is 6. The lowest BCUT2D eigenvalue weighted by atomic mass is 10.2. The first-order valence-corrected chi connectivity index (χ1v) is 9.09. The Morgan fingerprint density at radius 1 is 0.963 bits per heavy atom. The van der Waals surface area contributed by atoms with Crippen LogP contribution < -0.4 is 19.7 Å². The lowest BCUT2D eigenvalue weighted by Crippen LogP contribution is -2.23. The van der Waals surface area contributed by atoms with Gasteiger partial charge < -0.3 is 19.7 Å². The van der Waals surface area contributed by atoms with Gasteiger partial charge in [0, 0.05) is 30.9 Å². The molecule has 0 aliphatic carbocycles. The average Bonchev–Trinajstić information content (AvgIpc) is 2.73. The van der Waals surface area contributed by atoms with Crippen LogP contribution in [0.4, 0.5) is 17.3 Å². The van der Waals surface area contributed by atoms with E-state index in [1.54, 1.807) is 6.33 Å². The van der Waals surface area contributed by atoms with Crippen molar-refractivity contribution in [3.63, 3.8) is 0 Å². The fraction of sp³-hybridized carbons (Fsp3) is 0.238. The summed E-state index contributed by atoms with van der Waals surface area (Å²) < 4.78 is 11.2. The van der Waals surface area contributed by atoms with Crippen LogP contribution in [-0.2, 0) is 6.54 Å². The zero-order valence-electron chi connectivity index (χ0n) is 15.3. The van der Waals surface area contributed by atoms with Crippen LogP contribution in [0.5, 0.6) is 11.5 Å². The molecule has 0 bridgehead atoms. The van der Waals surface area contributed by atoms with Crippen molar-refractivity contribution in [3.05, 3.63) is 66.5 Å². The summed E-state index contributed by atoms with van der Waals surface area (Å²) in [6, 6.07) is 18.1. The number of benzene rings is 2. The van der Waals surface area contributed by atoms with Gasteiger partial charge in [-0.1, -0.05) is 30.3 Å². The van der Waals surface area contributed by atoms with Gasteiger partial charge in [-0.15, -0.1) is 0 Å². The van der Waals surface area contributed by atoms with Crippen molar-refractivity contribution in [3.8, 4) is 11.5 Å². The molecule has 2 heterocycles. The Morgan fingerprint density at radius 3 is 2.59 bits per heavy atom. The molecule has 1 aliphatic heterocycles. The summed E-state index contributed by atoms with van der Waals surface area (Å²) in [6.45, 7) is 4.94. The van der Waals surface area contributed by atoms with Gasteiger partial charge in [0.05, 0.1) is 0 Å². The minimum absolute atomic E-state index is 0.569. The number of anilines is 3. The monoisotopic (exact) mass is 362 g/mol. The summed E-state index contributed by atoms with van der Waals surface area (Å²) in [5.74, 6) is 3.15. The van der Waals surface area contributed by atoms with Crippen molar-refractivity contribution in [2.75, 3.05) is 30.0 Å². The largest absolute Gasteiger partial charge is 0.486 e. The van der Waals surface area contributed by atoms with Crippen molar-refractivity contribution >= 4 is 17.3 Å². The molecule has 2 aromatic carbocycles. The molecule has 0 amide bonds. The Balaban J connectivity index is 1.51. The van der Waals surface area contributed by atoms with E-state index >= 15 is 0 Å². The highest BCUT2D eigenvalue weighted by Gasteiger charge is 2.13. The van der Waals surface area contributed by atoms with Gasteiger partial charge >= 0.3 is 0 Å². The highest BCUT2D eigenvalue weighted by molar-refractivity contribution is 5.63. The molecule has 0 saturated heterocycles. The van der Waals surface area contributed by atoms with Gasteiger partial charge in [-0.05, 0) is 24.6 Å². The van der Waals surface area contributed by atoms with Gasteiger partial charge in [-0.25, -0.2) is 9.97 Å². The van der Waals surface area contributed by atoms with Crippen LogP contribution in [0.25, 0.3) is 0 Å². The molecule has 0 unspecified atom stereocenters. The maximum Gasteiger partial charge on any atom is 0.163 e. The van der Waals surface area contributed by atoms with E-state index in [0.29, 0.717) is 13.2 Å². The van der Waals surface area contributed by atoms with Gasteiger partial charge in [-0.3, -0.25) is 0 Å². The van der Waals surface area contributed by atoms with Crippen LogP contribution in [-0.4, -0.2) is 29.7 Å². The Kier molecular flexibility index (Phi) is 5.05. The molecular weight excluding hydrogens is 340 g/mol. The quantitative estimate of drug-likeness (QED) is 0.715. The van der Waals surface area contributed by atoms with E-state index < -0.39 is 0 Å². The zero-order valence-corrected chi connectivity index (χ0v) is 15.3. The van der Waals surface area contributed by atoms with Crippen LogP contribution in [0, 0.1) is 0 Å². The number of nitrogens with zero attached hydrogens (tertiary/aromatic N) is 3. The second kappa shape index (κ2) is 7.95. The molecule has 27 heavy (non-hydrogen) atoms. The lowest BCUT2D eigenvalue weighted by molar-refractivity contribution is 0.171. The smallest absolute Gasteiger partial charge is 0.163 e. The Hall–Kier alpha value is -3.28. The molecule has 1 aromatic heterocycles. The van der Waals surface area contributed by atoms with Gasteiger partial charge in [-0.2, -0.15) is 0 Å². The molecule has 0 fully saturated rings. The average molecular weight is 362 g/mol. The number of aromatic nitrogens is 2. The molecule has 1 N–H and O–H groups in total. The molecular formula is C21H22N4O2. The van der Waals surface area contributed by atoms with Crippen molar-refractivity contribution in [1.82, 2.24) is 9.97 Å². The number of fused-ring (bicyclic) bond motifs is 1. The molecule has 4 rings (SSSR count). The van der Waals surface area contributed by atoms with Crippen LogP contribution in [0.3, 0.4) is 0 Å². The van der Waals surface area contributed by atoms with E-state index in [1.165, 1.54) is 5.56 Å². The number of ether oxygens (including phenoxy) is 2. The third-order valence-electron chi connectivity index (χ3n) is 4.39.